The molecule has 0 atom stereocenters. The maximum atomic E-state index is 4.09. The van der Waals surface area contributed by atoms with Gasteiger partial charge < -0.3 is 0 Å². The molecule has 0 aromatic rings. The van der Waals surface area contributed by atoms with Gasteiger partial charge in [0.1, 0.15) is 6.34 Å². The lowest BCUT2D eigenvalue weighted by Gasteiger charge is -2.04. The molecule has 3 heteroatoms. The van der Waals surface area contributed by atoms with Gasteiger partial charge in [0.25, 0.3) is 0 Å². The highest BCUT2D eigenvalue weighted by atomic mass is 79.9. The number of hydrogen-bond acceptors (Lipinski definition) is 2. The maximum Gasteiger partial charge on any atom is 0.116 e. The van der Waals surface area contributed by atoms with Gasteiger partial charge in [-0.2, -0.15) is 0 Å². The maximum absolute atomic E-state index is 4.09. The van der Waals surface area contributed by atoms with Gasteiger partial charge in [-0.3, -0.25) is 0 Å². The first kappa shape index (κ1) is 6.04. The molecule has 2 nitrogen and oxygen atoms in total. The second-order valence-electron chi connectivity index (χ2n) is 2.16. The number of rotatable bonds is 0. The molecule has 0 fully saturated rings. The lowest BCUT2D eigenvalue weighted by Crippen LogP contribution is -2.00. The van der Waals surface area contributed by atoms with E-state index in [1.54, 1.807) is 6.34 Å². The molecule has 0 saturated carbocycles. The molecular weight excluding hydrogens is 192 g/mol. The minimum atomic E-state index is 0.881. The van der Waals surface area contributed by atoms with E-state index in [2.05, 4.69) is 25.9 Å². The van der Waals surface area contributed by atoms with Gasteiger partial charge in [0.2, 0.25) is 0 Å². The van der Waals surface area contributed by atoms with Crippen LogP contribution in [0.1, 0.15) is 6.42 Å². The third-order valence-corrected chi connectivity index (χ3v) is 2.01. The van der Waals surface area contributed by atoms with E-state index in [0.717, 1.165) is 17.8 Å². The highest BCUT2D eigenvalue weighted by molar-refractivity contribution is 9.11. The Morgan fingerprint density at radius 1 is 1.40 bits per heavy atom. The summed E-state index contributed by atoms with van der Waals surface area (Å²) >= 11 is 3.40. The fraction of sp³-hybridized carbons (Fsp3) is 0.143. The highest BCUT2D eigenvalue weighted by Crippen LogP contribution is 2.23. The smallest absolute Gasteiger partial charge is 0.116 e. The summed E-state index contributed by atoms with van der Waals surface area (Å²) in [7, 11) is 0. The SMILES string of the molecule is BrC1=CC=C2N=CN=C2C1. The zero-order chi connectivity index (χ0) is 6.97. The quantitative estimate of drug-likeness (QED) is 0.567. The van der Waals surface area contributed by atoms with Crippen molar-refractivity contribution in [1.29, 1.82) is 0 Å². The molecule has 0 N–H and O–H groups in total. The first-order valence-electron chi connectivity index (χ1n) is 3.02. The molecule has 0 saturated heterocycles. The van der Waals surface area contributed by atoms with Crippen LogP contribution < -0.4 is 0 Å². The van der Waals surface area contributed by atoms with E-state index in [0.29, 0.717) is 0 Å². The van der Waals surface area contributed by atoms with Crippen molar-refractivity contribution in [3.05, 3.63) is 22.3 Å². The summed E-state index contributed by atoms with van der Waals surface area (Å²) in [5, 5.41) is 0. The fourth-order valence-electron chi connectivity index (χ4n) is 0.965. The second kappa shape index (κ2) is 2.16. The lowest BCUT2D eigenvalue weighted by molar-refractivity contribution is 1.36. The third kappa shape index (κ3) is 0.865. The Morgan fingerprint density at radius 2 is 2.30 bits per heavy atom. The number of fused-ring (bicyclic) bond motifs is 1. The van der Waals surface area contributed by atoms with Crippen LogP contribution in [0.15, 0.2) is 32.3 Å². The Bertz CT molecular complexity index is 284. The lowest BCUT2D eigenvalue weighted by atomic mass is 10.1. The monoisotopic (exact) mass is 196 g/mol. The molecule has 0 aromatic carbocycles. The average Bonchev–Trinajstić information content (AvgIpc) is 2.33. The van der Waals surface area contributed by atoms with E-state index in [-0.39, 0.29) is 0 Å². The fourth-order valence-corrected chi connectivity index (χ4v) is 1.36. The van der Waals surface area contributed by atoms with E-state index in [9.17, 15) is 0 Å². The molecule has 50 valence electrons. The standard InChI is InChI=1S/C7H5BrN2/c8-5-1-2-6-7(3-5)10-4-9-6/h1-2,4H,3H2. The molecule has 2 aliphatic rings. The van der Waals surface area contributed by atoms with E-state index >= 15 is 0 Å². The summed E-state index contributed by atoms with van der Waals surface area (Å²) < 4.78 is 1.17. The topological polar surface area (TPSA) is 24.7 Å². The second-order valence-corrected chi connectivity index (χ2v) is 3.18. The van der Waals surface area contributed by atoms with Gasteiger partial charge in [-0.1, -0.05) is 15.9 Å². The van der Waals surface area contributed by atoms with E-state index in [1.165, 1.54) is 4.48 Å². The number of halogens is 1. The molecule has 1 aliphatic heterocycles. The van der Waals surface area contributed by atoms with Crippen molar-refractivity contribution >= 4 is 28.0 Å². The van der Waals surface area contributed by atoms with E-state index in [4.69, 9.17) is 0 Å². The van der Waals surface area contributed by atoms with Crippen molar-refractivity contribution < 1.29 is 0 Å². The first-order valence-corrected chi connectivity index (χ1v) is 3.81. The molecular formula is C7H5BrN2. The van der Waals surface area contributed by atoms with Crippen molar-refractivity contribution in [3.63, 3.8) is 0 Å². The van der Waals surface area contributed by atoms with Crippen molar-refractivity contribution in [2.24, 2.45) is 9.98 Å². The molecule has 1 aliphatic carbocycles. The Kier molecular flexibility index (Phi) is 1.31. The summed E-state index contributed by atoms with van der Waals surface area (Å²) in [5.74, 6) is 0. The molecule has 0 amide bonds. The van der Waals surface area contributed by atoms with Crippen LogP contribution in [0, 0.1) is 0 Å². The van der Waals surface area contributed by atoms with Crippen LogP contribution in [0.5, 0.6) is 0 Å². The third-order valence-electron chi connectivity index (χ3n) is 1.46. The predicted octanol–water partition coefficient (Wildman–Crippen LogP) is 2.04. The Balaban J connectivity index is 2.42. The average molecular weight is 197 g/mol. The van der Waals surface area contributed by atoms with Gasteiger partial charge in [-0.15, -0.1) is 0 Å². The number of hydrogen-bond donors (Lipinski definition) is 0. The minimum absolute atomic E-state index is 0.881. The molecule has 2 rings (SSSR count). The summed E-state index contributed by atoms with van der Waals surface area (Å²) in [6, 6.07) is 0. The number of aliphatic imine (C=N–C) groups is 2. The van der Waals surface area contributed by atoms with E-state index < -0.39 is 0 Å². The Morgan fingerprint density at radius 3 is 3.20 bits per heavy atom. The Hall–Kier alpha value is -0.700. The predicted molar refractivity (Wildman–Crippen MR) is 45.6 cm³/mol. The summed E-state index contributed by atoms with van der Waals surface area (Å²) in [6.07, 6.45) is 6.46. The van der Waals surface area contributed by atoms with Crippen LogP contribution in [0.25, 0.3) is 0 Å². The van der Waals surface area contributed by atoms with Crippen molar-refractivity contribution in [2.45, 2.75) is 6.42 Å². The zero-order valence-corrected chi connectivity index (χ0v) is 6.80. The van der Waals surface area contributed by atoms with Crippen molar-refractivity contribution in [2.75, 3.05) is 0 Å². The van der Waals surface area contributed by atoms with Gasteiger partial charge in [-0.05, 0) is 12.2 Å². The molecule has 10 heavy (non-hydrogen) atoms. The van der Waals surface area contributed by atoms with Crippen molar-refractivity contribution in [1.82, 2.24) is 0 Å². The minimum Gasteiger partial charge on any atom is -0.239 e. The summed E-state index contributed by atoms with van der Waals surface area (Å²) in [5.41, 5.74) is 2.07. The van der Waals surface area contributed by atoms with Gasteiger partial charge >= 0.3 is 0 Å². The number of nitrogens with zero attached hydrogens (tertiary/aromatic N) is 2. The molecule has 0 radical (unpaired) electrons. The van der Waals surface area contributed by atoms with Crippen LogP contribution in [-0.2, 0) is 0 Å². The Labute approximate surface area is 67.2 Å². The van der Waals surface area contributed by atoms with Crippen LogP contribution in [0.3, 0.4) is 0 Å². The molecule has 0 unspecified atom stereocenters. The van der Waals surface area contributed by atoms with Gasteiger partial charge in [0.15, 0.2) is 0 Å². The van der Waals surface area contributed by atoms with Crippen molar-refractivity contribution in [3.8, 4) is 0 Å². The highest BCUT2D eigenvalue weighted by Gasteiger charge is 2.13. The normalized spacial score (nSPS) is 21.5. The molecule has 0 aromatic heterocycles. The van der Waals surface area contributed by atoms with Gasteiger partial charge in [-0.25, -0.2) is 9.98 Å². The zero-order valence-electron chi connectivity index (χ0n) is 5.21. The van der Waals surface area contributed by atoms with Crippen LogP contribution in [0.2, 0.25) is 0 Å². The van der Waals surface area contributed by atoms with Gasteiger partial charge in [0.05, 0.1) is 11.4 Å². The molecule has 0 bridgehead atoms. The van der Waals surface area contributed by atoms with Crippen LogP contribution in [0.4, 0.5) is 0 Å². The van der Waals surface area contributed by atoms with E-state index in [1.807, 2.05) is 12.2 Å². The molecule has 0 spiro atoms. The first-order chi connectivity index (χ1) is 4.86. The summed E-state index contributed by atoms with van der Waals surface area (Å²) in [6.45, 7) is 0. The number of allylic oxidation sites excluding steroid dienone is 4. The van der Waals surface area contributed by atoms with Crippen LogP contribution in [-0.4, -0.2) is 12.1 Å². The van der Waals surface area contributed by atoms with Crippen LogP contribution >= 0.6 is 15.9 Å². The molecule has 1 heterocycles. The largest absolute Gasteiger partial charge is 0.239 e. The van der Waals surface area contributed by atoms with Gasteiger partial charge in [0, 0.05) is 10.9 Å². The summed E-state index contributed by atoms with van der Waals surface area (Å²) in [4.78, 5) is 8.15.